The Balaban J connectivity index is 1.58. The Morgan fingerprint density at radius 1 is 1.36 bits per heavy atom. The van der Waals surface area contributed by atoms with E-state index in [1.807, 2.05) is 32.4 Å². The van der Waals surface area contributed by atoms with Gasteiger partial charge in [-0.1, -0.05) is 5.16 Å². The summed E-state index contributed by atoms with van der Waals surface area (Å²) in [5, 5.41) is 11.0. The molecule has 0 aromatic carbocycles. The van der Waals surface area contributed by atoms with Crippen molar-refractivity contribution in [3.05, 3.63) is 29.2 Å². The van der Waals surface area contributed by atoms with Crippen molar-refractivity contribution in [3.63, 3.8) is 0 Å². The molecule has 1 saturated heterocycles. The van der Waals surface area contributed by atoms with Crippen LogP contribution in [0.3, 0.4) is 0 Å². The number of amides is 1. The minimum Gasteiger partial charge on any atom is -0.374 e. The number of anilines is 1. The summed E-state index contributed by atoms with van der Waals surface area (Å²) in [6, 6.07) is 3.48. The summed E-state index contributed by atoms with van der Waals surface area (Å²) < 4.78 is 12.9. The zero-order valence-corrected chi connectivity index (χ0v) is 15.2. The highest BCUT2D eigenvalue weighted by Crippen LogP contribution is 2.15. The van der Waals surface area contributed by atoms with Crippen molar-refractivity contribution in [2.75, 3.05) is 25.0 Å². The van der Waals surface area contributed by atoms with Gasteiger partial charge in [0.05, 0.1) is 36.7 Å². The first-order valence-electron chi connectivity index (χ1n) is 8.53. The number of nitrogens with zero attached hydrogens (tertiary/aromatic N) is 4. The molecule has 2 unspecified atom stereocenters. The van der Waals surface area contributed by atoms with Gasteiger partial charge in [-0.25, -0.2) is 0 Å². The fourth-order valence-electron chi connectivity index (χ4n) is 3.07. The van der Waals surface area contributed by atoms with Gasteiger partial charge in [0.2, 0.25) is 11.8 Å². The minimum absolute atomic E-state index is 0.00882. The fraction of sp³-hybridized carbons (Fsp3) is 0.588. The predicted molar refractivity (Wildman–Crippen MR) is 92.3 cm³/mol. The van der Waals surface area contributed by atoms with Gasteiger partial charge in [0, 0.05) is 24.8 Å². The van der Waals surface area contributed by atoms with Gasteiger partial charge in [-0.3, -0.25) is 19.7 Å². The monoisotopic (exact) mass is 347 g/mol. The largest absolute Gasteiger partial charge is 0.374 e. The quantitative estimate of drug-likeness (QED) is 0.883. The number of rotatable bonds is 5. The number of aryl methyl sites for hydroxylation is 3. The molecule has 2 aromatic heterocycles. The second-order valence-electron chi connectivity index (χ2n) is 6.59. The van der Waals surface area contributed by atoms with Crippen LogP contribution in [0.25, 0.3) is 0 Å². The van der Waals surface area contributed by atoms with Gasteiger partial charge < -0.3 is 9.26 Å². The Labute approximate surface area is 147 Å². The van der Waals surface area contributed by atoms with Crippen LogP contribution < -0.4 is 5.32 Å². The predicted octanol–water partition coefficient (Wildman–Crippen LogP) is 1.52. The minimum atomic E-state index is -0.280. The standard InChI is InChI=1S/C17H25N5O3/c1-11-7-13(3)22(19-11)10-15-9-21(5-6-24-15)14(4)17(23)18-16-8-12(2)20-25-16/h7-8,14-15H,5-6,9-10H2,1-4H3,(H,18,23). The second kappa shape index (κ2) is 7.37. The van der Waals surface area contributed by atoms with Gasteiger partial charge in [-0.15, -0.1) is 0 Å². The molecular formula is C17H25N5O3. The van der Waals surface area contributed by atoms with E-state index in [1.165, 1.54) is 0 Å². The average molecular weight is 347 g/mol. The van der Waals surface area contributed by atoms with Crippen molar-refractivity contribution >= 4 is 11.8 Å². The van der Waals surface area contributed by atoms with E-state index in [2.05, 4.69) is 26.5 Å². The fourth-order valence-corrected chi connectivity index (χ4v) is 3.07. The maximum Gasteiger partial charge on any atom is 0.243 e. The van der Waals surface area contributed by atoms with Gasteiger partial charge in [-0.05, 0) is 33.8 Å². The van der Waals surface area contributed by atoms with Crippen molar-refractivity contribution < 1.29 is 14.1 Å². The Morgan fingerprint density at radius 2 is 2.16 bits per heavy atom. The van der Waals surface area contributed by atoms with Crippen LogP contribution in [0.15, 0.2) is 16.7 Å². The third kappa shape index (κ3) is 4.26. The molecule has 1 N–H and O–H groups in total. The number of carbonyl (C=O) groups is 1. The number of nitrogens with one attached hydrogen (secondary N) is 1. The third-order valence-corrected chi connectivity index (χ3v) is 4.45. The van der Waals surface area contributed by atoms with Gasteiger partial charge in [0.15, 0.2) is 0 Å². The molecule has 8 heteroatoms. The summed E-state index contributed by atoms with van der Waals surface area (Å²) in [6.45, 7) is 10.4. The lowest BCUT2D eigenvalue weighted by Crippen LogP contribution is -2.51. The molecule has 0 spiro atoms. The Kier molecular flexibility index (Phi) is 5.19. The summed E-state index contributed by atoms with van der Waals surface area (Å²) in [5.41, 5.74) is 2.85. The topological polar surface area (TPSA) is 85.4 Å². The van der Waals surface area contributed by atoms with Crippen LogP contribution in [0.5, 0.6) is 0 Å². The highest BCUT2D eigenvalue weighted by molar-refractivity contribution is 5.93. The highest BCUT2D eigenvalue weighted by atomic mass is 16.5. The van der Waals surface area contributed by atoms with Gasteiger partial charge >= 0.3 is 0 Å². The van der Waals surface area contributed by atoms with E-state index in [9.17, 15) is 4.79 Å². The molecule has 2 atom stereocenters. The Morgan fingerprint density at radius 3 is 2.80 bits per heavy atom. The number of hydrogen-bond donors (Lipinski definition) is 1. The molecule has 1 aliphatic rings. The number of ether oxygens (including phenoxy) is 1. The first-order valence-corrected chi connectivity index (χ1v) is 8.53. The lowest BCUT2D eigenvalue weighted by Gasteiger charge is -2.36. The average Bonchev–Trinajstić information content (AvgIpc) is 3.11. The van der Waals surface area contributed by atoms with E-state index in [0.717, 1.165) is 23.6 Å². The molecule has 0 radical (unpaired) electrons. The van der Waals surface area contributed by atoms with E-state index in [4.69, 9.17) is 9.26 Å². The lowest BCUT2D eigenvalue weighted by atomic mass is 10.2. The zero-order chi connectivity index (χ0) is 18.0. The molecule has 136 valence electrons. The highest BCUT2D eigenvalue weighted by Gasteiger charge is 2.29. The molecule has 1 fully saturated rings. The number of aromatic nitrogens is 3. The van der Waals surface area contributed by atoms with E-state index >= 15 is 0 Å². The summed E-state index contributed by atoms with van der Waals surface area (Å²) in [7, 11) is 0. The SMILES string of the molecule is Cc1cc(NC(=O)C(C)N2CCOC(Cn3nc(C)cc3C)C2)on1. The van der Waals surface area contributed by atoms with Crippen LogP contribution in [0.1, 0.15) is 24.0 Å². The number of carbonyl (C=O) groups excluding carboxylic acids is 1. The molecule has 3 rings (SSSR count). The third-order valence-electron chi connectivity index (χ3n) is 4.45. The normalized spacial score (nSPS) is 19.8. The summed E-state index contributed by atoms with van der Waals surface area (Å²) >= 11 is 0. The molecule has 1 aliphatic heterocycles. The maximum absolute atomic E-state index is 12.4. The van der Waals surface area contributed by atoms with E-state index in [1.54, 1.807) is 6.07 Å². The van der Waals surface area contributed by atoms with Crippen LogP contribution in [0, 0.1) is 20.8 Å². The van der Waals surface area contributed by atoms with E-state index in [-0.39, 0.29) is 18.1 Å². The maximum atomic E-state index is 12.4. The zero-order valence-electron chi connectivity index (χ0n) is 15.2. The first kappa shape index (κ1) is 17.6. The lowest BCUT2D eigenvalue weighted by molar-refractivity contribution is -0.124. The smallest absolute Gasteiger partial charge is 0.243 e. The molecule has 8 nitrogen and oxygen atoms in total. The van der Waals surface area contributed by atoms with E-state index < -0.39 is 0 Å². The molecule has 3 heterocycles. The van der Waals surface area contributed by atoms with Crippen molar-refractivity contribution in [1.82, 2.24) is 19.8 Å². The molecule has 0 aliphatic carbocycles. The molecular weight excluding hydrogens is 322 g/mol. The van der Waals surface area contributed by atoms with Crippen molar-refractivity contribution in [1.29, 1.82) is 0 Å². The van der Waals surface area contributed by atoms with Crippen LogP contribution in [0.4, 0.5) is 5.88 Å². The number of hydrogen-bond acceptors (Lipinski definition) is 6. The molecule has 25 heavy (non-hydrogen) atoms. The van der Waals surface area contributed by atoms with Gasteiger partial charge in [0.25, 0.3) is 0 Å². The van der Waals surface area contributed by atoms with Gasteiger partial charge in [0.1, 0.15) is 0 Å². The summed E-state index contributed by atoms with van der Waals surface area (Å²) in [4.78, 5) is 14.6. The van der Waals surface area contributed by atoms with Crippen LogP contribution >= 0.6 is 0 Å². The van der Waals surface area contributed by atoms with Crippen molar-refractivity contribution in [2.45, 2.75) is 46.4 Å². The molecule has 0 bridgehead atoms. The van der Waals surface area contributed by atoms with Gasteiger partial charge in [-0.2, -0.15) is 5.10 Å². The van der Waals surface area contributed by atoms with Crippen LogP contribution in [-0.2, 0) is 16.1 Å². The van der Waals surface area contributed by atoms with E-state index in [0.29, 0.717) is 25.6 Å². The van der Waals surface area contributed by atoms with Crippen molar-refractivity contribution in [3.8, 4) is 0 Å². The van der Waals surface area contributed by atoms with Crippen LogP contribution in [0.2, 0.25) is 0 Å². The molecule has 2 aromatic rings. The second-order valence-corrected chi connectivity index (χ2v) is 6.59. The summed E-state index contributed by atoms with van der Waals surface area (Å²) in [5.74, 6) is 0.268. The summed E-state index contributed by atoms with van der Waals surface area (Å²) in [6.07, 6.45) is 0.00882. The van der Waals surface area contributed by atoms with Crippen molar-refractivity contribution in [2.24, 2.45) is 0 Å². The Bertz CT molecular complexity index is 738. The Hall–Kier alpha value is -2.19. The first-order chi connectivity index (χ1) is 11.9. The molecule has 1 amide bonds. The molecule has 0 saturated carbocycles. The van der Waals surface area contributed by atoms with Crippen LogP contribution in [-0.4, -0.2) is 57.6 Å². The number of morpholine rings is 1.